The second kappa shape index (κ2) is 5.11. The summed E-state index contributed by atoms with van der Waals surface area (Å²) in [7, 11) is 1.43. The number of carboxylic acid groups (broad SMARTS) is 1. The molecule has 0 unspecified atom stereocenters. The van der Waals surface area contributed by atoms with E-state index in [-0.39, 0.29) is 17.9 Å². The van der Waals surface area contributed by atoms with E-state index in [1.807, 2.05) is 0 Å². The minimum absolute atomic E-state index is 0.159. The highest BCUT2D eigenvalue weighted by molar-refractivity contribution is 5.87. The first-order valence-electron chi connectivity index (χ1n) is 4.41. The lowest BCUT2D eigenvalue weighted by molar-refractivity contribution is -0.122. The van der Waals surface area contributed by atoms with Gasteiger partial charge in [-0.25, -0.2) is 9.18 Å². The van der Waals surface area contributed by atoms with E-state index in [1.54, 1.807) is 0 Å². The van der Waals surface area contributed by atoms with Gasteiger partial charge < -0.3 is 15.2 Å². The molecule has 0 bridgehead atoms. The number of carbonyl (C=O) groups is 2. The van der Waals surface area contributed by atoms with Crippen molar-refractivity contribution in [1.29, 1.82) is 0 Å². The quantitative estimate of drug-likeness (QED) is 0.791. The second-order valence-corrected chi connectivity index (χ2v) is 2.91. The van der Waals surface area contributed by atoms with Crippen molar-refractivity contribution in [2.24, 2.45) is 0 Å². The van der Waals surface area contributed by atoms with Crippen LogP contribution in [0.15, 0.2) is 18.2 Å². The van der Waals surface area contributed by atoms with Crippen molar-refractivity contribution in [1.82, 2.24) is 5.32 Å². The number of aromatic carboxylic acids is 1. The summed E-state index contributed by atoms with van der Waals surface area (Å²) >= 11 is 0. The SMILES string of the molecule is CNC(=O)COc1ccc(C(=O)O)cc1F. The van der Waals surface area contributed by atoms with Crippen LogP contribution >= 0.6 is 0 Å². The van der Waals surface area contributed by atoms with Crippen LogP contribution in [0.5, 0.6) is 5.75 Å². The van der Waals surface area contributed by atoms with E-state index in [9.17, 15) is 14.0 Å². The van der Waals surface area contributed by atoms with E-state index in [2.05, 4.69) is 5.32 Å². The van der Waals surface area contributed by atoms with Gasteiger partial charge in [0.1, 0.15) is 0 Å². The van der Waals surface area contributed by atoms with Crippen LogP contribution in [0.4, 0.5) is 4.39 Å². The van der Waals surface area contributed by atoms with Gasteiger partial charge in [0.15, 0.2) is 18.2 Å². The first kappa shape index (κ1) is 12.0. The van der Waals surface area contributed by atoms with Crippen LogP contribution < -0.4 is 10.1 Å². The molecule has 1 amide bonds. The molecule has 0 radical (unpaired) electrons. The van der Waals surface area contributed by atoms with Crippen molar-refractivity contribution >= 4 is 11.9 Å². The number of halogens is 1. The highest BCUT2D eigenvalue weighted by atomic mass is 19.1. The Bertz CT molecular complexity index is 419. The van der Waals surface area contributed by atoms with Gasteiger partial charge in [0, 0.05) is 7.05 Å². The zero-order valence-electron chi connectivity index (χ0n) is 8.49. The number of likely N-dealkylation sites (N-methyl/N-ethyl adjacent to an activating group) is 1. The molecular weight excluding hydrogens is 217 g/mol. The maximum absolute atomic E-state index is 13.2. The Hall–Kier alpha value is -2.11. The maximum Gasteiger partial charge on any atom is 0.335 e. The summed E-state index contributed by atoms with van der Waals surface area (Å²) in [6, 6.07) is 3.20. The van der Waals surface area contributed by atoms with E-state index in [4.69, 9.17) is 9.84 Å². The van der Waals surface area contributed by atoms with Crippen molar-refractivity contribution in [2.75, 3.05) is 13.7 Å². The van der Waals surface area contributed by atoms with Crippen molar-refractivity contribution < 1.29 is 23.8 Å². The molecule has 1 aromatic rings. The first-order valence-corrected chi connectivity index (χ1v) is 4.41. The van der Waals surface area contributed by atoms with Crippen LogP contribution in [0.3, 0.4) is 0 Å². The molecule has 0 aliphatic carbocycles. The van der Waals surface area contributed by atoms with E-state index in [1.165, 1.54) is 19.2 Å². The summed E-state index contributed by atoms with van der Waals surface area (Å²) < 4.78 is 18.1. The third-order valence-corrected chi connectivity index (χ3v) is 1.82. The molecule has 5 nitrogen and oxygen atoms in total. The maximum atomic E-state index is 13.2. The third-order valence-electron chi connectivity index (χ3n) is 1.82. The van der Waals surface area contributed by atoms with Gasteiger partial charge in [-0.05, 0) is 18.2 Å². The monoisotopic (exact) mass is 227 g/mol. The van der Waals surface area contributed by atoms with Crippen LogP contribution in [0.25, 0.3) is 0 Å². The molecule has 86 valence electrons. The Balaban J connectivity index is 2.75. The zero-order chi connectivity index (χ0) is 12.1. The van der Waals surface area contributed by atoms with Crippen LogP contribution in [-0.2, 0) is 4.79 Å². The molecule has 0 spiro atoms. The molecule has 1 aromatic carbocycles. The summed E-state index contributed by atoms with van der Waals surface area (Å²) in [4.78, 5) is 21.3. The largest absolute Gasteiger partial charge is 0.481 e. The number of carbonyl (C=O) groups excluding carboxylic acids is 1. The van der Waals surface area contributed by atoms with Gasteiger partial charge in [0.2, 0.25) is 0 Å². The highest BCUT2D eigenvalue weighted by Crippen LogP contribution is 2.18. The van der Waals surface area contributed by atoms with Crippen LogP contribution in [0.2, 0.25) is 0 Å². The topological polar surface area (TPSA) is 75.6 Å². The van der Waals surface area contributed by atoms with Gasteiger partial charge >= 0.3 is 5.97 Å². The molecule has 6 heteroatoms. The molecule has 0 saturated carbocycles. The van der Waals surface area contributed by atoms with Crippen LogP contribution in [-0.4, -0.2) is 30.6 Å². The molecule has 2 N–H and O–H groups in total. The van der Waals surface area contributed by atoms with Crippen LogP contribution in [0, 0.1) is 5.82 Å². The smallest absolute Gasteiger partial charge is 0.335 e. The van der Waals surface area contributed by atoms with Gasteiger partial charge in [0.25, 0.3) is 5.91 Å². The number of hydrogen-bond donors (Lipinski definition) is 2. The predicted molar refractivity (Wildman–Crippen MR) is 52.9 cm³/mol. The van der Waals surface area contributed by atoms with Gasteiger partial charge in [0.05, 0.1) is 5.56 Å². The lowest BCUT2D eigenvalue weighted by atomic mass is 10.2. The van der Waals surface area contributed by atoms with E-state index in [0.29, 0.717) is 0 Å². The van der Waals surface area contributed by atoms with Crippen molar-refractivity contribution in [3.8, 4) is 5.75 Å². The van der Waals surface area contributed by atoms with Gasteiger partial charge in [-0.1, -0.05) is 0 Å². The fourth-order valence-corrected chi connectivity index (χ4v) is 0.966. The number of nitrogens with one attached hydrogen (secondary N) is 1. The fourth-order valence-electron chi connectivity index (χ4n) is 0.966. The average molecular weight is 227 g/mol. The average Bonchev–Trinajstić information content (AvgIpc) is 2.26. The number of carboxylic acids is 1. The first-order chi connectivity index (χ1) is 7.54. The summed E-state index contributed by atoms with van der Waals surface area (Å²) in [5.41, 5.74) is -0.176. The molecule has 0 aliphatic heterocycles. The minimum atomic E-state index is -1.23. The number of benzene rings is 1. The summed E-state index contributed by atoms with van der Waals surface area (Å²) in [6.07, 6.45) is 0. The highest BCUT2D eigenvalue weighted by Gasteiger charge is 2.10. The second-order valence-electron chi connectivity index (χ2n) is 2.91. The molecule has 0 aromatic heterocycles. The fraction of sp³-hybridized carbons (Fsp3) is 0.200. The Kier molecular flexibility index (Phi) is 3.82. The van der Waals surface area contributed by atoms with Gasteiger partial charge in [-0.2, -0.15) is 0 Å². The zero-order valence-corrected chi connectivity index (χ0v) is 8.49. The predicted octanol–water partition coefficient (Wildman–Crippen LogP) is 0.649. The van der Waals surface area contributed by atoms with E-state index < -0.39 is 17.7 Å². The number of ether oxygens (including phenoxy) is 1. The third kappa shape index (κ3) is 2.94. The molecule has 16 heavy (non-hydrogen) atoms. The van der Waals surface area contributed by atoms with Crippen molar-refractivity contribution in [3.05, 3.63) is 29.6 Å². The van der Waals surface area contributed by atoms with Gasteiger partial charge in [-0.3, -0.25) is 4.79 Å². The Morgan fingerprint density at radius 3 is 2.69 bits per heavy atom. The Morgan fingerprint density at radius 2 is 2.19 bits per heavy atom. The Labute approximate surface area is 90.8 Å². The van der Waals surface area contributed by atoms with E-state index in [0.717, 1.165) is 6.07 Å². The normalized spacial score (nSPS) is 9.62. The number of hydrogen-bond acceptors (Lipinski definition) is 3. The molecule has 1 rings (SSSR count). The molecule has 0 heterocycles. The van der Waals surface area contributed by atoms with E-state index >= 15 is 0 Å². The summed E-state index contributed by atoms with van der Waals surface area (Å²) in [5.74, 6) is -2.60. The van der Waals surface area contributed by atoms with Gasteiger partial charge in [-0.15, -0.1) is 0 Å². The van der Waals surface area contributed by atoms with Crippen molar-refractivity contribution in [3.63, 3.8) is 0 Å². The van der Waals surface area contributed by atoms with Crippen LogP contribution in [0.1, 0.15) is 10.4 Å². The Morgan fingerprint density at radius 1 is 1.50 bits per heavy atom. The molecule has 0 saturated heterocycles. The summed E-state index contributed by atoms with van der Waals surface area (Å²) in [5, 5.41) is 10.9. The lowest BCUT2D eigenvalue weighted by Gasteiger charge is -2.06. The lowest BCUT2D eigenvalue weighted by Crippen LogP contribution is -2.25. The molecule has 0 fully saturated rings. The summed E-state index contributed by atoms with van der Waals surface area (Å²) in [6.45, 7) is -0.320. The molecule has 0 atom stereocenters. The van der Waals surface area contributed by atoms with Crippen molar-refractivity contribution in [2.45, 2.75) is 0 Å². The number of amides is 1. The molecular formula is C10H10FNO4. The minimum Gasteiger partial charge on any atom is -0.481 e. The number of rotatable bonds is 4. The standard InChI is InChI=1S/C10H10FNO4/c1-12-9(13)5-16-8-3-2-6(10(14)15)4-7(8)11/h2-4H,5H2,1H3,(H,12,13)(H,14,15). The molecule has 0 aliphatic rings.